The van der Waals surface area contributed by atoms with Crippen molar-refractivity contribution in [2.75, 3.05) is 50.8 Å². The van der Waals surface area contributed by atoms with Crippen LogP contribution in [0.25, 0.3) is 32.9 Å². The van der Waals surface area contributed by atoms with Gasteiger partial charge in [-0.15, -0.1) is 0 Å². The molecular weight excluding hydrogens is 824 g/mol. The summed E-state index contributed by atoms with van der Waals surface area (Å²) in [6.07, 6.45) is 4.82. The molecule has 6 atom stereocenters. The smallest absolute Gasteiger partial charge is 0.319 e. The van der Waals surface area contributed by atoms with Crippen LogP contribution < -0.4 is 9.64 Å². The van der Waals surface area contributed by atoms with Gasteiger partial charge in [0.2, 0.25) is 0 Å². The van der Waals surface area contributed by atoms with E-state index in [1.54, 1.807) is 18.3 Å². The largest absolute Gasteiger partial charge is 0.508 e. The van der Waals surface area contributed by atoms with Crippen molar-refractivity contribution in [1.29, 1.82) is 0 Å². The van der Waals surface area contributed by atoms with Crippen LogP contribution in [0.5, 0.6) is 11.8 Å². The minimum atomic E-state index is -0.934. The van der Waals surface area contributed by atoms with Crippen LogP contribution in [0.3, 0.4) is 0 Å². The molecule has 0 amide bonds. The number of benzene rings is 5. The van der Waals surface area contributed by atoms with Crippen LogP contribution in [0, 0.1) is 11.6 Å². The van der Waals surface area contributed by atoms with Crippen molar-refractivity contribution < 1.29 is 23.0 Å². The number of hydrogen-bond donors (Lipinski definition) is 1. The Morgan fingerprint density at radius 1 is 0.785 bits per heavy atom. The first-order valence-electron chi connectivity index (χ1n) is 23.0. The van der Waals surface area contributed by atoms with Gasteiger partial charge in [0.05, 0.1) is 16.5 Å². The van der Waals surface area contributed by atoms with Gasteiger partial charge in [-0.05, 0) is 72.5 Å². The van der Waals surface area contributed by atoms with E-state index in [2.05, 4.69) is 116 Å². The molecule has 65 heavy (non-hydrogen) atoms. The number of hydrogen-bond acceptors (Lipinski definition) is 9. The molecule has 0 radical (unpaired) electrons. The first-order valence-corrected chi connectivity index (χ1v) is 23.0. The Kier molecular flexibility index (Phi) is 9.84. The molecule has 12 rings (SSSR count). The Morgan fingerprint density at radius 2 is 1.46 bits per heavy atom. The normalized spacial score (nSPS) is 25.4. The molecule has 0 spiro atoms. The maximum Gasteiger partial charge on any atom is 0.319 e. The number of ether oxygens (including phenoxy) is 1. The Morgan fingerprint density at radius 3 is 2.14 bits per heavy atom. The van der Waals surface area contributed by atoms with Crippen LogP contribution in [0.15, 0.2) is 128 Å². The van der Waals surface area contributed by atoms with Gasteiger partial charge >= 0.3 is 6.01 Å². The molecule has 7 heterocycles. The van der Waals surface area contributed by atoms with E-state index in [0.29, 0.717) is 48.7 Å². The number of aromatic hydroxyl groups is 1. The summed E-state index contributed by atoms with van der Waals surface area (Å²) < 4.78 is 54.0. The molecule has 7 aromatic rings. The molecule has 5 saturated heterocycles. The fourth-order valence-electron chi connectivity index (χ4n) is 12.2. The topological polar surface area (TPSA) is 80.9 Å². The number of pyridine rings is 1. The van der Waals surface area contributed by atoms with Gasteiger partial charge in [0, 0.05) is 74.4 Å². The molecule has 5 aliphatic rings. The Labute approximate surface area is 376 Å². The first kappa shape index (κ1) is 40.4. The van der Waals surface area contributed by atoms with Crippen LogP contribution in [-0.2, 0) is 5.54 Å². The lowest BCUT2D eigenvalue weighted by Crippen LogP contribution is -2.55. The fraction of sp³-hybridized carbons (Fsp3) is 0.340. The van der Waals surface area contributed by atoms with E-state index < -0.39 is 28.9 Å². The number of alkyl halides is 1. The highest BCUT2D eigenvalue weighted by Gasteiger charge is 2.55. The van der Waals surface area contributed by atoms with Gasteiger partial charge in [0.1, 0.15) is 41.4 Å². The monoisotopic (exact) mass is 873 g/mol. The summed E-state index contributed by atoms with van der Waals surface area (Å²) >= 11 is 0. The second-order valence-electron chi connectivity index (χ2n) is 18.8. The summed E-state index contributed by atoms with van der Waals surface area (Å²) in [7, 11) is 0. The zero-order valence-electron chi connectivity index (χ0n) is 36.0. The van der Waals surface area contributed by atoms with Crippen molar-refractivity contribution in [2.24, 2.45) is 0 Å². The van der Waals surface area contributed by atoms with E-state index in [-0.39, 0.29) is 52.6 Å². The third-order valence-corrected chi connectivity index (χ3v) is 15.1. The fourth-order valence-corrected chi connectivity index (χ4v) is 12.2. The van der Waals surface area contributed by atoms with Crippen LogP contribution in [0.2, 0.25) is 0 Å². The maximum atomic E-state index is 17.3. The number of halogens is 3. The van der Waals surface area contributed by atoms with Crippen molar-refractivity contribution in [2.45, 2.75) is 67.5 Å². The molecular formula is C53H50F3N7O2. The minimum absolute atomic E-state index is 0.000810. The summed E-state index contributed by atoms with van der Waals surface area (Å²) in [5.41, 5.74) is 2.79. The summed E-state index contributed by atoms with van der Waals surface area (Å²) in [5, 5.41) is 11.7. The molecule has 2 bridgehead atoms. The lowest BCUT2D eigenvalue weighted by molar-refractivity contribution is 0.107. The Bertz CT molecular complexity index is 2800. The van der Waals surface area contributed by atoms with Gasteiger partial charge < -0.3 is 14.7 Å². The highest BCUT2D eigenvalue weighted by molar-refractivity contribution is 6.00. The van der Waals surface area contributed by atoms with E-state index in [1.165, 1.54) is 34.9 Å². The lowest BCUT2D eigenvalue weighted by atomic mass is 9.76. The molecule has 0 saturated carbocycles. The highest BCUT2D eigenvalue weighted by Crippen LogP contribution is 2.50. The van der Waals surface area contributed by atoms with Crippen molar-refractivity contribution in [1.82, 2.24) is 29.7 Å². The maximum absolute atomic E-state index is 17.3. The third-order valence-electron chi connectivity index (χ3n) is 15.1. The molecule has 1 N–H and O–H groups in total. The predicted molar refractivity (Wildman–Crippen MR) is 246 cm³/mol. The van der Waals surface area contributed by atoms with Crippen molar-refractivity contribution in [3.63, 3.8) is 0 Å². The second kappa shape index (κ2) is 15.8. The van der Waals surface area contributed by atoms with Crippen LogP contribution in [-0.4, -0.2) is 110 Å². The van der Waals surface area contributed by atoms with Crippen LogP contribution in [0.4, 0.5) is 19.0 Å². The van der Waals surface area contributed by atoms with Gasteiger partial charge in [0.15, 0.2) is 5.82 Å². The molecule has 5 aromatic carbocycles. The van der Waals surface area contributed by atoms with Crippen molar-refractivity contribution in [3.05, 3.63) is 156 Å². The van der Waals surface area contributed by atoms with E-state index >= 15 is 8.78 Å². The summed E-state index contributed by atoms with van der Waals surface area (Å²) in [6, 6.07) is 40.7. The first-order chi connectivity index (χ1) is 31.8. The van der Waals surface area contributed by atoms with Crippen LogP contribution in [0.1, 0.15) is 48.8 Å². The van der Waals surface area contributed by atoms with Gasteiger partial charge in [-0.1, -0.05) is 103 Å². The average Bonchev–Trinajstić information content (AvgIpc) is 3.79. The molecule has 9 nitrogen and oxygen atoms in total. The van der Waals surface area contributed by atoms with Gasteiger partial charge in [0.25, 0.3) is 0 Å². The molecule has 5 fully saturated rings. The van der Waals surface area contributed by atoms with Crippen molar-refractivity contribution in [3.8, 4) is 23.0 Å². The quantitative estimate of drug-likeness (QED) is 0.101. The number of aromatic nitrogens is 3. The van der Waals surface area contributed by atoms with Gasteiger partial charge in [-0.2, -0.15) is 9.97 Å². The molecule has 12 heteroatoms. The minimum Gasteiger partial charge on any atom is -0.508 e. The van der Waals surface area contributed by atoms with Crippen LogP contribution >= 0.6 is 0 Å². The zero-order valence-corrected chi connectivity index (χ0v) is 36.0. The number of anilines is 1. The zero-order chi connectivity index (χ0) is 43.9. The van der Waals surface area contributed by atoms with Crippen molar-refractivity contribution >= 4 is 27.5 Å². The summed E-state index contributed by atoms with van der Waals surface area (Å²) in [6.45, 7) is 4.58. The highest BCUT2D eigenvalue weighted by atomic mass is 19.1. The summed E-state index contributed by atoms with van der Waals surface area (Å²) in [4.78, 5) is 24.1. The number of nitrogens with zero attached hydrogens (tertiary/aromatic N) is 7. The molecule has 0 aliphatic carbocycles. The number of rotatable bonds is 11. The Hall–Kier alpha value is -6.08. The van der Waals surface area contributed by atoms with E-state index in [1.807, 2.05) is 0 Å². The summed E-state index contributed by atoms with van der Waals surface area (Å²) in [5.74, 6) is -0.914. The molecule has 5 aliphatic heterocycles. The predicted octanol–water partition coefficient (Wildman–Crippen LogP) is 9.11. The lowest BCUT2D eigenvalue weighted by Gasteiger charge is -2.43. The second-order valence-corrected chi connectivity index (χ2v) is 18.8. The standard InChI is InChI=1S/C53H50F3N7O2/c54-38-26-52(22-11-23-61(52)28-38)33-65-51-58-49-44(27-57-48(47(49)56)43-25-42(64)24-34-12-10-19-45(55)46(34)43)50(59-51)60-29-39-20-21-40(30-60)62(39)31-41-32-63(41)53(35-13-4-1-5-14-35,36-15-6-2-7-16-36)37-17-8-3-9-18-37/h1-10,12-19,24-25,27,38-41,64H,11,20-23,26,28-33H2/t38-,39-,40+,41?,52+,63-/m1/s1. The molecule has 330 valence electrons. The number of phenols is 1. The average molecular weight is 874 g/mol. The number of phenolic OH excluding ortho intramolecular Hbond substituents is 1. The molecule has 1 unspecified atom stereocenters. The third kappa shape index (κ3) is 6.74. The van der Waals surface area contributed by atoms with E-state index in [4.69, 9.17) is 14.7 Å². The van der Waals surface area contributed by atoms with Gasteiger partial charge in [-0.25, -0.2) is 13.2 Å². The van der Waals surface area contributed by atoms with E-state index in [9.17, 15) is 9.50 Å². The van der Waals surface area contributed by atoms with Gasteiger partial charge in [-0.3, -0.25) is 19.7 Å². The molecule has 2 aromatic heterocycles. The number of piperazine rings is 1. The SMILES string of the molecule is Oc1cc(-c2ncc3c(N4C[C@H]5CC[C@@H](C4)N5CC4C[N@@]4C(c4ccccc4)(c4ccccc4)c4ccccc4)nc(OC[C@@]45CCCN4C[C@H](F)C5)nc3c2F)c2c(F)cccc2c1. The Balaban J connectivity index is 0.881. The number of fused-ring (bicyclic) bond motifs is 5. The van der Waals surface area contributed by atoms with E-state index in [0.717, 1.165) is 45.3 Å².